The lowest BCUT2D eigenvalue weighted by molar-refractivity contribution is -0.129. The van der Waals surface area contributed by atoms with Crippen LogP contribution >= 0.6 is 0 Å². The molecule has 0 saturated carbocycles. The van der Waals surface area contributed by atoms with Gasteiger partial charge in [-0.05, 0) is 6.42 Å². The Morgan fingerprint density at radius 3 is 2.86 bits per heavy atom. The van der Waals surface area contributed by atoms with Crippen LogP contribution in [0.2, 0.25) is 0 Å². The molecule has 2 rings (SSSR count). The summed E-state index contributed by atoms with van der Waals surface area (Å²) in [5.74, 6) is -0.136. The van der Waals surface area contributed by atoms with Crippen molar-refractivity contribution in [3.05, 3.63) is 0 Å². The molecule has 0 aromatic carbocycles. The predicted molar refractivity (Wildman–Crippen MR) is 81.4 cm³/mol. The van der Waals surface area contributed by atoms with Gasteiger partial charge < -0.3 is 19.7 Å². The average Bonchev–Trinajstić information content (AvgIpc) is 2.91. The van der Waals surface area contributed by atoms with Gasteiger partial charge in [-0.3, -0.25) is 14.5 Å². The van der Waals surface area contributed by atoms with Crippen molar-refractivity contribution < 1.29 is 19.1 Å². The lowest BCUT2D eigenvalue weighted by Gasteiger charge is -2.28. The van der Waals surface area contributed by atoms with Gasteiger partial charge in [0.15, 0.2) is 0 Å². The van der Waals surface area contributed by atoms with E-state index in [0.29, 0.717) is 32.7 Å². The van der Waals surface area contributed by atoms with E-state index in [4.69, 9.17) is 9.47 Å². The van der Waals surface area contributed by atoms with E-state index in [1.54, 1.807) is 7.11 Å². The van der Waals surface area contributed by atoms with Crippen molar-refractivity contribution in [2.75, 3.05) is 66.2 Å². The molecule has 1 unspecified atom stereocenters. The summed E-state index contributed by atoms with van der Waals surface area (Å²) in [6, 6.07) is 0. The van der Waals surface area contributed by atoms with Crippen molar-refractivity contribution in [2.45, 2.75) is 12.8 Å². The first-order valence-electron chi connectivity index (χ1n) is 8.05. The molecule has 0 spiro atoms. The summed E-state index contributed by atoms with van der Waals surface area (Å²) in [6.07, 6.45) is 1.13. The van der Waals surface area contributed by atoms with Gasteiger partial charge in [-0.1, -0.05) is 0 Å². The van der Waals surface area contributed by atoms with E-state index in [-0.39, 0.29) is 17.7 Å². The van der Waals surface area contributed by atoms with E-state index in [1.807, 2.05) is 4.90 Å². The van der Waals surface area contributed by atoms with Gasteiger partial charge in [0.25, 0.3) is 0 Å². The molecule has 126 valence electrons. The maximum Gasteiger partial charge on any atom is 0.225 e. The highest BCUT2D eigenvalue weighted by molar-refractivity contribution is 5.89. The Morgan fingerprint density at radius 2 is 2.14 bits per heavy atom. The largest absolute Gasteiger partial charge is 0.385 e. The monoisotopic (exact) mass is 313 g/mol. The third-order valence-corrected chi connectivity index (χ3v) is 4.20. The molecule has 0 radical (unpaired) electrons. The van der Waals surface area contributed by atoms with E-state index in [0.717, 1.165) is 39.3 Å². The molecule has 2 aliphatic heterocycles. The predicted octanol–water partition coefficient (Wildman–Crippen LogP) is -0.680. The molecule has 22 heavy (non-hydrogen) atoms. The first kappa shape index (κ1) is 17.2. The zero-order valence-corrected chi connectivity index (χ0v) is 13.4. The topological polar surface area (TPSA) is 71.1 Å². The van der Waals surface area contributed by atoms with Gasteiger partial charge in [0.1, 0.15) is 0 Å². The molecule has 0 bridgehead atoms. The minimum absolute atomic E-state index is 0.0154. The van der Waals surface area contributed by atoms with E-state index in [9.17, 15) is 9.59 Å². The number of hydrogen-bond acceptors (Lipinski definition) is 5. The van der Waals surface area contributed by atoms with E-state index in [1.165, 1.54) is 0 Å². The highest BCUT2D eigenvalue weighted by Gasteiger charge is 2.34. The zero-order valence-electron chi connectivity index (χ0n) is 13.4. The first-order chi connectivity index (χ1) is 10.7. The number of methoxy groups -OCH3 is 1. The summed E-state index contributed by atoms with van der Waals surface area (Å²) in [5.41, 5.74) is 0. The van der Waals surface area contributed by atoms with E-state index < -0.39 is 0 Å². The summed E-state index contributed by atoms with van der Waals surface area (Å²) < 4.78 is 10.3. The number of likely N-dealkylation sites (tertiary alicyclic amines) is 1. The Morgan fingerprint density at radius 1 is 1.36 bits per heavy atom. The van der Waals surface area contributed by atoms with Gasteiger partial charge in [-0.25, -0.2) is 0 Å². The second kappa shape index (κ2) is 9.07. The molecule has 2 heterocycles. The van der Waals surface area contributed by atoms with Gasteiger partial charge in [0.2, 0.25) is 11.8 Å². The number of rotatable bonds is 8. The summed E-state index contributed by atoms with van der Waals surface area (Å²) in [5, 5.41) is 2.88. The standard InChI is InChI=1S/C15H27N3O4/c1-21-8-2-3-16-15(20)13-11-14(19)18(12-13)5-4-17-6-9-22-10-7-17/h13H,2-12H2,1H3,(H,16,20). The number of amides is 2. The van der Waals surface area contributed by atoms with Gasteiger partial charge in [0.05, 0.1) is 19.1 Å². The summed E-state index contributed by atoms with van der Waals surface area (Å²) in [6.45, 7) is 6.71. The Hall–Kier alpha value is -1.18. The van der Waals surface area contributed by atoms with Crippen molar-refractivity contribution >= 4 is 11.8 Å². The minimum Gasteiger partial charge on any atom is -0.385 e. The number of morpholine rings is 1. The SMILES string of the molecule is COCCCNC(=O)C1CC(=O)N(CCN2CCOCC2)C1. The van der Waals surface area contributed by atoms with Gasteiger partial charge in [-0.15, -0.1) is 0 Å². The lowest BCUT2D eigenvalue weighted by atomic mass is 10.1. The Balaban J connectivity index is 1.67. The fourth-order valence-electron chi connectivity index (χ4n) is 2.82. The number of ether oxygens (including phenoxy) is 2. The molecule has 2 aliphatic rings. The molecular weight excluding hydrogens is 286 g/mol. The molecule has 2 amide bonds. The van der Waals surface area contributed by atoms with Gasteiger partial charge in [0, 0.05) is 59.4 Å². The minimum atomic E-state index is -0.209. The molecular formula is C15H27N3O4. The second-order valence-corrected chi connectivity index (χ2v) is 5.83. The van der Waals surface area contributed by atoms with Crippen molar-refractivity contribution in [1.29, 1.82) is 0 Å². The zero-order chi connectivity index (χ0) is 15.8. The molecule has 2 saturated heterocycles. The normalized spacial score (nSPS) is 23.0. The van der Waals surface area contributed by atoms with Gasteiger partial charge in [-0.2, -0.15) is 0 Å². The highest BCUT2D eigenvalue weighted by atomic mass is 16.5. The number of hydrogen-bond donors (Lipinski definition) is 1. The van der Waals surface area contributed by atoms with Crippen LogP contribution in [0.25, 0.3) is 0 Å². The Kier molecular flexibility index (Phi) is 7.08. The number of nitrogens with zero attached hydrogens (tertiary/aromatic N) is 2. The molecule has 0 aromatic heterocycles. The van der Waals surface area contributed by atoms with Crippen LogP contribution in [-0.4, -0.2) is 87.8 Å². The molecule has 1 N–H and O–H groups in total. The van der Waals surface area contributed by atoms with Crippen molar-refractivity contribution in [1.82, 2.24) is 15.1 Å². The van der Waals surface area contributed by atoms with Crippen LogP contribution in [0.15, 0.2) is 0 Å². The number of nitrogens with one attached hydrogen (secondary N) is 1. The second-order valence-electron chi connectivity index (χ2n) is 5.83. The van der Waals surface area contributed by atoms with Crippen LogP contribution in [0, 0.1) is 5.92 Å². The quantitative estimate of drug-likeness (QED) is 0.601. The molecule has 7 nitrogen and oxygen atoms in total. The third-order valence-electron chi connectivity index (χ3n) is 4.20. The Bertz CT molecular complexity index is 372. The van der Waals surface area contributed by atoms with Crippen LogP contribution in [0.5, 0.6) is 0 Å². The average molecular weight is 313 g/mol. The highest BCUT2D eigenvalue weighted by Crippen LogP contribution is 2.17. The van der Waals surface area contributed by atoms with Crippen LogP contribution in [-0.2, 0) is 19.1 Å². The fourth-order valence-corrected chi connectivity index (χ4v) is 2.82. The molecule has 0 aromatic rings. The first-order valence-corrected chi connectivity index (χ1v) is 8.05. The maximum absolute atomic E-state index is 12.0. The summed E-state index contributed by atoms with van der Waals surface area (Å²) in [7, 11) is 1.64. The van der Waals surface area contributed by atoms with Crippen molar-refractivity contribution in [3.8, 4) is 0 Å². The maximum atomic E-state index is 12.0. The fraction of sp³-hybridized carbons (Fsp3) is 0.867. The van der Waals surface area contributed by atoms with Crippen LogP contribution in [0.4, 0.5) is 0 Å². The molecule has 7 heteroatoms. The summed E-state index contributed by atoms with van der Waals surface area (Å²) in [4.78, 5) is 28.2. The van der Waals surface area contributed by atoms with Crippen molar-refractivity contribution in [2.24, 2.45) is 5.92 Å². The lowest BCUT2D eigenvalue weighted by Crippen LogP contribution is -2.42. The number of carbonyl (C=O) groups excluding carboxylic acids is 2. The van der Waals surface area contributed by atoms with Crippen LogP contribution in [0.1, 0.15) is 12.8 Å². The van der Waals surface area contributed by atoms with Crippen molar-refractivity contribution in [3.63, 3.8) is 0 Å². The molecule has 1 atom stereocenters. The molecule has 0 aliphatic carbocycles. The molecule has 2 fully saturated rings. The van der Waals surface area contributed by atoms with E-state index >= 15 is 0 Å². The Labute approximate surface area is 131 Å². The van der Waals surface area contributed by atoms with Crippen LogP contribution < -0.4 is 5.32 Å². The third kappa shape index (κ3) is 5.23. The van der Waals surface area contributed by atoms with Crippen LogP contribution in [0.3, 0.4) is 0 Å². The van der Waals surface area contributed by atoms with Gasteiger partial charge >= 0.3 is 0 Å². The summed E-state index contributed by atoms with van der Waals surface area (Å²) >= 11 is 0. The number of carbonyl (C=O) groups is 2. The van der Waals surface area contributed by atoms with E-state index in [2.05, 4.69) is 10.2 Å². The smallest absolute Gasteiger partial charge is 0.225 e.